The molecule has 3 N–H and O–H groups in total. The molecule has 1 aromatic heterocycles. The highest BCUT2D eigenvalue weighted by atomic mass is 32.1. The fourth-order valence-electron chi connectivity index (χ4n) is 1.57. The van der Waals surface area contributed by atoms with Crippen molar-refractivity contribution in [2.24, 2.45) is 10.8 Å². The molecule has 0 saturated carbocycles. The summed E-state index contributed by atoms with van der Waals surface area (Å²) in [5.74, 6) is 0.802. The van der Waals surface area contributed by atoms with Gasteiger partial charge in [0.25, 0.3) is 5.69 Å². The van der Waals surface area contributed by atoms with E-state index in [2.05, 4.69) is 22.7 Å². The van der Waals surface area contributed by atoms with Crippen LogP contribution in [0.1, 0.15) is 5.76 Å². The van der Waals surface area contributed by atoms with Crippen LogP contribution in [0.3, 0.4) is 0 Å². The van der Waals surface area contributed by atoms with Crippen LogP contribution in [-0.2, 0) is 0 Å². The third kappa shape index (κ3) is 3.18. The molecule has 0 fully saturated rings. The summed E-state index contributed by atoms with van der Waals surface area (Å²) >= 11 is 4.59. The van der Waals surface area contributed by atoms with Gasteiger partial charge in [-0.2, -0.15) is 5.10 Å². The molecule has 2 aromatic rings. The Morgan fingerprint density at radius 2 is 2.15 bits per heavy atom. The Kier molecular flexibility index (Phi) is 4.06. The molecule has 0 unspecified atom stereocenters. The average Bonchev–Trinajstić information content (AvgIpc) is 2.87. The molecule has 0 amide bonds. The lowest BCUT2D eigenvalue weighted by Crippen LogP contribution is -2.23. The van der Waals surface area contributed by atoms with E-state index >= 15 is 0 Å². The predicted octanol–water partition coefficient (Wildman–Crippen LogP) is 2.02. The molecule has 0 radical (unpaired) electrons. The van der Waals surface area contributed by atoms with E-state index < -0.39 is 4.92 Å². The second kappa shape index (κ2) is 5.93. The summed E-state index contributed by atoms with van der Waals surface area (Å²) in [6, 6.07) is 9.60. The molecule has 8 heteroatoms. The number of hydrogen-bond acceptors (Lipinski definition) is 5. The molecule has 1 aromatic carbocycles. The predicted molar refractivity (Wildman–Crippen MR) is 78.3 cm³/mol. The van der Waals surface area contributed by atoms with Crippen LogP contribution in [-0.4, -0.2) is 16.3 Å². The molecule has 0 aliphatic rings. The van der Waals surface area contributed by atoms with Crippen molar-refractivity contribution in [1.82, 2.24) is 5.43 Å². The van der Waals surface area contributed by atoms with Gasteiger partial charge in [0, 0.05) is 6.07 Å². The van der Waals surface area contributed by atoms with E-state index in [1.54, 1.807) is 30.3 Å². The number of benzene rings is 1. The number of furan rings is 1. The first-order valence-electron chi connectivity index (χ1n) is 5.50. The van der Waals surface area contributed by atoms with Gasteiger partial charge < -0.3 is 10.2 Å². The zero-order valence-electron chi connectivity index (χ0n) is 10.1. The number of hydrazone groups is 1. The topological polar surface area (TPSA) is 107 Å². The van der Waals surface area contributed by atoms with Gasteiger partial charge in [-0.25, -0.2) is 0 Å². The van der Waals surface area contributed by atoms with Crippen LogP contribution in [0.15, 0.2) is 45.9 Å². The Hall–Kier alpha value is -2.74. The maximum Gasteiger partial charge on any atom is 0.280 e. The largest absolute Gasteiger partial charge is 0.455 e. The highest BCUT2D eigenvalue weighted by Gasteiger charge is 2.16. The number of hydrogen-bond donors (Lipinski definition) is 2. The summed E-state index contributed by atoms with van der Waals surface area (Å²) < 4.78 is 5.46. The van der Waals surface area contributed by atoms with Crippen LogP contribution in [0.4, 0.5) is 5.69 Å². The maximum atomic E-state index is 10.9. The number of nitrogens with one attached hydrogen (secondary N) is 1. The highest BCUT2D eigenvalue weighted by molar-refractivity contribution is 7.80. The Balaban J connectivity index is 2.27. The molecule has 102 valence electrons. The lowest BCUT2D eigenvalue weighted by Gasteiger charge is -1.98. The molecule has 20 heavy (non-hydrogen) atoms. The molecule has 0 saturated heterocycles. The lowest BCUT2D eigenvalue weighted by molar-refractivity contribution is -0.384. The summed E-state index contributed by atoms with van der Waals surface area (Å²) in [5.41, 5.74) is 7.97. The van der Waals surface area contributed by atoms with E-state index in [1.807, 2.05) is 0 Å². The first-order chi connectivity index (χ1) is 9.58. The molecular formula is C12H10N4O3S. The Morgan fingerprint density at radius 3 is 2.85 bits per heavy atom. The minimum atomic E-state index is -0.458. The number of para-hydroxylation sites is 1. The molecule has 7 nitrogen and oxygen atoms in total. The van der Waals surface area contributed by atoms with Crippen molar-refractivity contribution < 1.29 is 9.34 Å². The van der Waals surface area contributed by atoms with Gasteiger partial charge in [-0.15, -0.1) is 0 Å². The highest BCUT2D eigenvalue weighted by Crippen LogP contribution is 2.30. The van der Waals surface area contributed by atoms with Crippen LogP contribution in [0.5, 0.6) is 0 Å². The van der Waals surface area contributed by atoms with Crippen molar-refractivity contribution in [2.75, 3.05) is 0 Å². The van der Waals surface area contributed by atoms with Crippen molar-refractivity contribution in [1.29, 1.82) is 0 Å². The van der Waals surface area contributed by atoms with Gasteiger partial charge in [-0.05, 0) is 30.4 Å². The van der Waals surface area contributed by atoms with Crippen molar-refractivity contribution in [3.63, 3.8) is 0 Å². The third-order valence-corrected chi connectivity index (χ3v) is 2.45. The van der Waals surface area contributed by atoms with Crippen molar-refractivity contribution in [2.45, 2.75) is 0 Å². The molecule has 0 aliphatic heterocycles. The van der Waals surface area contributed by atoms with Crippen molar-refractivity contribution >= 4 is 29.2 Å². The fraction of sp³-hybridized carbons (Fsp3) is 0. The molecule has 0 atom stereocenters. The quantitative estimate of drug-likeness (QED) is 0.386. The number of thiocarbonyl (C=S) groups is 1. The average molecular weight is 290 g/mol. The van der Waals surface area contributed by atoms with Crippen LogP contribution in [0, 0.1) is 10.1 Å². The number of nitro groups is 1. The zero-order valence-corrected chi connectivity index (χ0v) is 11.0. The minimum absolute atomic E-state index is 0.0217. The Bertz CT molecular complexity index is 681. The first kappa shape index (κ1) is 13.7. The van der Waals surface area contributed by atoms with E-state index in [4.69, 9.17) is 10.2 Å². The molecule has 0 aliphatic carbocycles. The summed E-state index contributed by atoms with van der Waals surface area (Å²) in [5, 5.41) is 14.7. The van der Waals surface area contributed by atoms with Gasteiger partial charge in [0.15, 0.2) is 5.11 Å². The third-order valence-electron chi connectivity index (χ3n) is 2.36. The zero-order chi connectivity index (χ0) is 14.5. The second-order valence-corrected chi connectivity index (χ2v) is 4.15. The lowest BCUT2D eigenvalue weighted by atomic mass is 10.1. The summed E-state index contributed by atoms with van der Waals surface area (Å²) in [4.78, 5) is 10.5. The minimum Gasteiger partial charge on any atom is -0.455 e. The molecular weight excluding hydrogens is 280 g/mol. The molecule has 2 rings (SSSR count). The first-order valence-corrected chi connectivity index (χ1v) is 5.91. The van der Waals surface area contributed by atoms with Crippen LogP contribution < -0.4 is 11.2 Å². The van der Waals surface area contributed by atoms with Gasteiger partial charge in [-0.1, -0.05) is 12.1 Å². The Labute approximate surface area is 119 Å². The second-order valence-electron chi connectivity index (χ2n) is 3.71. The van der Waals surface area contributed by atoms with Crippen LogP contribution in [0.2, 0.25) is 0 Å². The number of nitrogens with zero attached hydrogens (tertiary/aromatic N) is 2. The van der Waals surface area contributed by atoms with Gasteiger partial charge in [0.2, 0.25) is 0 Å². The summed E-state index contributed by atoms with van der Waals surface area (Å²) in [7, 11) is 0. The van der Waals surface area contributed by atoms with Crippen molar-refractivity contribution in [3.05, 3.63) is 52.3 Å². The van der Waals surface area contributed by atoms with Gasteiger partial charge >= 0.3 is 0 Å². The standard InChI is InChI=1S/C12H10N4O3S/c13-12(20)15-14-7-8-5-6-11(19-8)9-3-1-2-4-10(9)16(17)18/h1-7H,(H3,13,15,20)/b14-7-. The summed E-state index contributed by atoms with van der Waals surface area (Å²) in [6.07, 6.45) is 1.37. The SMILES string of the molecule is NC(=S)N/N=C\c1ccc(-c2ccccc2[N+](=O)[O-])o1. The van der Waals surface area contributed by atoms with E-state index in [9.17, 15) is 10.1 Å². The fourth-order valence-corrected chi connectivity index (χ4v) is 1.62. The molecule has 0 spiro atoms. The van der Waals surface area contributed by atoms with Crippen molar-refractivity contribution in [3.8, 4) is 11.3 Å². The number of rotatable bonds is 4. The normalized spacial score (nSPS) is 10.6. The molecule has 0 bridgehead atoms. The van der Waals surface area contributed by atoms with Crippen LogP contribution >= 0.6 is 12.2 Å². The molecule has 1 heterocycles. The monoisotopic (exact) mass is 290 g/mol. The van der Waals surface area contributed by atoms with E-state index in [0.717, 1.165) is 0 Å². The van der Waals surface area contributed by atoms with E-state index in [0.29, 0.717) is 17.1 Å². The smallest absolute Gasteiger partial charge is 0.280 e. The maximum absolute atomic E-state index is 10.9. The number of nitrogens with two attached hydrogens (primary N) is 1. The van der Waals surface area contributed by atoms with E-state index in [1.165, 1.54) is 12.3 Å². The van der Waals surface area contributed by atoms with Gasteiger partial charge in [-0.3, -0.25) is 15.5 Å². The summed E-state index contributed by atoms with van der Waals surface area (Å²) in [6.45, 7) is 0. The van der Waals surface area contributed by atoms with Crippen LogP contribution in [0.25, 0.3) is 11.3 Å². The number of nitro benzene ring substituents is 1. The van der Waals surface area contributed by atoms with E-state index in [-0.39, 0.29) is 10.8 Å². The van der Waals surface area contributed by atoms with Gasteiger partial charge in [0.05, 0.1) is 16.7 Å². The Morgan fingerprint density at radius 1 is 1.40 bits per heavy atom. The van der Waals surface area contributed by atoms with Gasteiger partial charge in [0.1, 0.15) is 11.5 Å².